The first-order valence-corrected chi connectivity index (χ1v) is 5.25. The number of aliphatic carboxylic acids is 1. The Morgan fingerprint density at radius 3 is 2.27 bits per heavy atom. The van der Waals surface area contributed by atoms with Crippen molar-refractivity contribution in [2.45, 2.75) is 19.8 Å². The second-order valence-electron chi connectivity index (χ2n) is 3.68. The van der Waals surface area contributed by atoms with Gasteiger partial charge in [-0.1, -0.05) is 31.2 Å². The van der Waals surface area contributed by atoms with E-state index in [2.05, 4.69) is 12.7 Å². The SMILES string of the molecule is CCc1ccc(C[C@H](C[NH3+])C(=O)[O-])cc1. The Hall–Kier alpha value is -1.35. The van der Waals surface area contributed by atoms with Gasteiger partial charge in [-0.25, -0.2) is 0 Å². The van der Waals surface area contributed by atoms with Crippen molar-refractivity contribution in [2.75, 3.05) is 6.54 Å². The van der Waals surface area contributed by atoms with Gasteiger partial charge >= 0.3 is 0 Å². The lowest BCUT2D eigenvalue weighted by atomic mass is 9.98. The van der Waals surface area contributed by atoms with Gasteiger partial charge in [0.2, 0.25) is 0 Å². The van der Waals surface area contributed by atoms with E-state index in [4.69, 9.17) is 0 Å². The molecule has 82 valence electrons. The maximum atomic E-state index is 10.7. The van der Waals surface area contributed by atoms with Gasteiger partial charge in [0.1, 0.15) is 0 Å². The standard InChI is InChI=1S/C12H17NO2/c1-2-9-3-5-10(6-4-9)7-11(8-13)12(14)15/h3-6,11H,2,7-8,13H2,1H3,(H,14,15)/t11-/m1/s1. The fourth-order valence-electron chi connectivity index (χ4n) is 1.50. The molecule has 0 radical (unpaired) electrons. The fraction of sp³-hybridized carbons (Fsp3) is 0.417. The maximum Gasteiger partial charge on any atom is 0.0824 e. The number of quaternary nitrogens is 1. The van der Waals surface area contributed by atoms with Gasteiger partial charge in [0.05, 0.1) is 18.4 Å². The summed E-state index contributed by atoms with van der Waals surface area (Å²) in [4.78, 5) is 10.7. The van der Waals surface area contributed by atoms with Gasteiger partial charge in [-0.15, -0.1) is 0 Å². The third kappa shape index (κ3) is 3.36. The highest BCUT2D eigenvalue weighted by Crippen LogP contribution is 2.09. The Labute approximate surface area is 89.9 Å². The van der Waals surface area contributed by atoms with E-state index in [1.54, 1.807) is 0 Å². The predicted molar refractivity (Wildman–Crippen MR) is 55.8 cm³/mol. The van der Waals surface area contributed by atoms with Crippen LogP contribution < -0.4 is 10.8 Å². The summed E-state index contributed by atoms with van der Waals surface area (Å²) in [6.07, 6.45) is 1.51. The summed E-state index contributed by atoms with van der Waals surface area (Å²) < 4.78 is 0. The van der Waals surface area contributed by atoms with Crippen LogP contribution in [-0.2, 0) is 17.6 Å². The third-order valence-corrected chi connectivity index (χ3v) is 2.60. The van der Waals surface area contributed by atoms with Gasteiger partial charge in [0, 0.05) is 0 Å². The van der Waals surface area contributed by atoms with Crippen molar-refractivity contribution >= 4 is 5.97 Å². The molecule has 0 saturated heterocycles. The minimum Gasteiger partial charge on any atom is -0.550 e. The summed E-state index contributed by atoms with van der Waals surface area (Å²) in [5.41, 5.74) is 5.91. The third-order valence-electron chi connectivity index (χ3n) is 2.60. The number of hydrogen-bond acceptors (Lipinski definition) is 2. The Balaban J connectivity index is 2.67. The summed E-state index contributed by atoms with van der Waals surface area (Å²) in [6.45, 7) is 2.47. The molecular formula is C12H17NO2. The van der Waals surface area contributed by atoms with Crippen LogP contribution in [0.5, 0.6) is 0 Å². The zero-order valence-electron chi connectivity index (χ0n) is 9.03. The molecule has 0 unspecified atom stereocenters. The molecule has 1 aromatic carbocycles. The smallest absolute Gasteiger partial charge is 0.0824 e. The van der Waals surface area contributed by atoms with E-state index in [9.17, 15) is 9.90 Å². The van der Waals surface area contributed by atoms with Crippen LogP contribution in [0.4, 0.5) is 0 Å². The second kappa shape index (κ2) is 5.51. The van der Waals surface area contributed by atoms with Gasteiger partial charge in [0.25, 0.3) is 0 Å². The van der Waals surface area contributed by atoms with Gasteiger partial charge in [-0.3, -0.25) is 0 Å². The highest BCUT2D eigenvalue weighted by atomic mass is 16.4. The Bertz CT molecular complexity index is 319. The molecule has 1 atom stereocenters. The van der Waals surface area contributed by atoms with E-state index in [0.29, 0.717) is 13.0 Å². The molecule has 0 heterocycles. The quantitative estimate of drug-likeness (QED) is 0.700. The highest BCUT2D eigenvalue weighted by Gasteiger charge is 2.10. The second-order valence-corrected chi connectivity index (χ2v) is 3.68. The first-order valence-electron chi connectivity index (χ1n) is 5.25. The largest absolute Gasteiger partial charge is 0.550 e. The molecule has 0 aromatic heterocycles. The monoisotopic (exact) mass is 207 g/mol. The Kier molecular flexibility index (Phi) is 4.31. The zero-order chi connectivity index (χ0) is 11.3. The Morgan fingerprint density at radius 2 is 1.87 bits per heavy atom. The van der Waals surface area contributed by atoms with Crippen LogP contribution in [0.15, 0.2) is 24.3 Å². The number of carbonyl (C=O) groups excluding carboxylic acids is 1. The maximum absolute atomic E-state index is 10.7. The molecule has 3 heteroatoms. The van der Waals surface area contributed by atoms with Crippen LogP contribution in [0.25, 0.3) is 0 Å². The number of carbonyl (C=O) groups is 1. The molecule has 0 fully saturated rings. The van der Waals surface area contributed by atoms with Crippen molar-refractivity contribution in [1.29, 1.82) is 0 Å². The summed E-state index contributed by atoms with van der Waals surface area (Å²) in [5, 5.41) is 10.7. The minimum absolute atomic E-state index is 0.373. The molecule has 0 saturated carbocycles. The zero-order valence-corrected chi connectivity index (χ0v) is 9.03. The fourth-order valence-corrected chi connectivity index (χ4v) is 1.50. The van der Waals surface area contributed by atoms with Crippen molar-refractivity contribution < 1.29 is 15.6 Å². The van der Waals surface area contributed by atoms with E-state index >= 15 is 0 Å². The molecule has 1 aromatic rings. The van der Waals surface area contributed by atoms with Crippen molar-refractivity contribution in [2.24, 2.45) is 5.92 Å². The average molecular weight is 207 g/mol. The first-order chi connectivity index (χ1) is 7.17. The average Bonchev–Trinajstić information content (AvgIpc) is 2.26. The lowest BCUT2D eigenvalue weighted by Crippen LogP contribution is -2.57. The predicted octanol–water partition coefficient (Wildman–Crippen LogP) is -0.600. The minimum atomic E-state index is -1.01. The number of rotatable bonds is 5. The topological polar surface area (TPSA) is 67.8 Å². The van der Waals surface area contributed by atoms with Crippen molar-refractivity contribution in [1.82, 2.24) is 0 Å². The molecule has 0 amide bonds. The summed E-state index contributed by atoms with van der Waals surface area (Å²) in [6, 6.07) is 8.02. The Morgan fingerprint density at radius 1 is 1.33 bits per heavy atom. The molecule has 0 bridgehead atoms. The summed E-state index contributed by atoms with van der Waals surface area (Å²) in [7, 11) is 0. The number of aryl methyl sites for hydroxylation is 1. The van der Waals surface area contributed by atoms with Crippen LogP contribution in [-0.4, -0.2) is 12.5 Å². The van der Waals surface area contributed by atoms with E-state index in [1.807, 2.05) is 24.3 Å². The van der Waals surface area contributed by atoms with E-state index in [-0.39, 0.29) is 0 Å². The van der Waals surface area contributed by atoms with Gasteiger partial charge in [0.15, 0.2) is 0 Å². The molecule has 3 N–H and O–H groups in total. The van der Waals surface area contributed by atoms with Crippen LogP contribution in [0, 0.1) is 5.92 Å². The van der Waals surface area contributed by atoms with Crippen molar-refractivity contribution in [3.8, 4) is 0 Å². The lowest BCUT2D eigenvalue weighted by molar-refractivity contribution is -0.387. The van der Waals surface area contributed by atoms with E-state index < -0.39 is 11.9 Å². The lowest BCUT2D eigenvalue weighted by Gasteiger charge is -2.13. The van der Waals surface area contributed by atoms with Gasteiger partial charge < -0.3 is 15.6 Å². The van der Waals surface area contributed by atoms with E-state index in [0.717, 1.165) is 12.0 Å². The molecule has 0 aliphatic heterocycles. The van der Waals surface area contributed by atoms with Crippen molar-refractivity contribution in [3.05, 3.63) is 35.4 Å². The molecule has 1 rings (SSSR count). The molecule has 15 heavy (non-hydrogen) atoms. The van der Waals surface area contributed by atoms with Gasteiger partial charge in [-0.2, -0.15) is 0 Å². The highest BCUT2D eigenvalue weighted by molar-refractivity contribution is 5.68. The number of carboxylic acids is 1. The van der Waals surface area contributed by atoms with E-state index in [1.165, 1.54) is 5.56 Å². The number of hydrogen-bond donors (Lipinski definition) is 1. The summed E-state index contributed by atoms with van der Waals surface area (Å²) in [5.74, 6) is -1.48. The van der Waals surface area contributed by atoms with Crippen LogP contribution in [0.1, 0.15) is 18.1 Å². The molecular weight excluding hydrogens is 190 g/mol. The number of carboxylic acid groups (broad SMARTS) is 1. The number of benzene rings is 1. The van der Waals surface area contributed by atoms with Crippen LogP contribution >= 0.6 is 0 Å². The molecule has 0 aliphatic rings. The van der Waals surface area contributed by atoms with Gasteiger partial charge in [-0.05, 0) is 24.0 Å². The summed E-state index contributed by atoms with van der Waals surface area (Å²) >= 11 is 0. The van der Waals surface area contributed by atoms with Crippen molar-refractivity contribution in [3.63, 3.8) is 0 Å². The van der Waals surface area contributed by atoms with Crippen LogP contribution in [0.2, 0.25) is 0 Å². The molecule has 0 spiro atoms. The van der Waals surface area contributed by atoms with Crippen LogP contribution in [0.3, 0.4) is 0 Å². The first kappa shape index (κ1) is 11.7. The molecule has 0 aliphatic carbocycles. The molecule has 3 nitrogen and oxygen atoms in total. The normalized spacial score (nSPS) is 12.4.